The zero-order chi connectivity index (χ0) is 15.0. The third-order valence-corrected chi connectivity index (χ3v) is 1.23. The van der Waals surface area contributed by atoms with E-state index in [9.17, 15) is 43.9 Å². The first-order valence-corrected chi connectivity index (χ1v) is 3.81. The van der Waals surface area contributed by atoms with Crippen molar-refractivity contribution in [1.82, 2.24) is 0 Å². The van der Waals surface area contributed by atoms with Crippen LogP contribution in [0.5, 0.6) is 0 Å². The lowest BCUT2D eigenvalue weighted by atomic mass is 10.4. The highest BCUT2D eigenvalue weighted by atomic mass is 19.4. The average molecular weight is 298 g/mol. The molecule has 0 spiro atoms. The highest BCUT2D eigenvalue weighted by Gasteiger charge is 2.66. The van der Waals surface area contributed by atoms with Gasteiger partial charge in [-0.3, -0.25) is 4.74 Å². The van der Waals surface area contributed by atoms with E-state index in [2.05, 4.69) is 4.74 Å². The van der Waals surface area contributed by atoms with Crippen LogP contribution in [0.2, 0.25) is 0 Å². The molecular formula is C6H4F10O2. The van der Waals surface area contributed by atoms with Crippen LogP contribution in [0.15, 0.2) is 0 Å². The van der Waals surface area contributed by atoms with E-state index in [4.69, 9.17) is 0 Å². The van der Waals surface area contributed by atoms with Gasteiger partial charge >= 0.3 is 18.6 Å². The van der Waals surface area contributed by atoms with Crippen molar-refractivity contribution in [3.05, 3.63) is 0 Å². The lowest BCUT2D eigenvalue weighted by molar-refractivity contribution is -0.516. The Hall–Kier alpha value is -0.780. The lowest BCUT2D eigenvalue weighted by Crippen LogP contribution is -2.51. The number of ether oxygens (including phenoxy) is 2. The Kier molecular flexibility index (Phi) is 4.51. The maximum absolute atomic E-state index is 12.3. The summed E-state index contributed by atoms with van der Waals surface area (Å²) in [6.07, 6.45) is -23.1. The molecule has 1 atom stereocenters. The van der Waals surface area contributed by atoms with Gasteiger partial charge in [0, 0.05) is 6.92 Å². The quantitative estimate of drug-likeness (QED) is 0.721. The molecule has 0 aromatic rings. The van der Waals surface area contributed by atoms with Gasteiger partial charge in [-0.25, -0.2) is 17.9 Å². The number of hydrogen-bond acceptors (Lipinski definition) is 2. The van der Waals surface area contributed by atoms with Crippen LogP contribution in [-0.4, -0.2) is 30.9 Å². The predicted octanol–water partition coefficient (Wildman–Crippen LogP) is 3.68. The largest absolute Gasteiger partial charge is 0.527 e. The third kappa shape index (κ3) is 4.84. The van der Waals surface area contributed by atoms with E-state index < -0.39 is 30.9 Å². The summed E-state index contributed by atoms with van der Waals surface area (Å²) in [6, 6.07) is 0. The molecule has 0 heterocycles. The van der Waals surface area contributed by atoms with Gasteiger partial charge in [-0.05, 0) is 0 Å². The van der Waals surface area contributed by atoms with Crippen LogP contribution in [0.25, 0.3) is 0 Å². The molecule has 0 saturated heterocycles. The zero-order valence-corrected chi connectivity index (χ0v) is 8.17. The van der Waals surface area contributed by atoms with E-state index in [1.807, 2.05) is 0 Å². The third-order valence-electron chi connectivity index (χ3n) is 1.23. The summed E-state index contributed by atoms with van der Waals surface area (Å²) in [5.41, 5.74) is 0. The molecule has 0 aromatic heterocycles. The van der Waals surface area contributed by atoms with Gasteiger partial charge in [0.1, 0.15) is 0 Å². The van der Waals surface area contributed by atoms with Crippen LogP contribution in [0.1, 0.15) is 6.92 Å². The van der Waals surface area contributed by atoms with Gasteiger partial charge < -0.3 is 0 Å². The summed E-state index contributed by atoms with van der Waals surface area (Å²) in [6.45, 7) is -0.309. The van der Waals surface area contributed by atoms with Crippen molar-refractivity contribution in [2.24, 2.45) is 0 Å². The second-order valence-corrected chi connectivity index (χ2v) is 2.97. The highest BCUT2D eigenvalue weighted by Crippen LogP contribution is 2.42. The molecule has 2 nitrogen and oxygen atoms in total. The molecule has 0 fully saturated rings. The van der Waals surface area contributed by atoms with Crippen molar-refractivity contribution < 1.29 is 53.4 Å². The Labute approximate surface area is 92.4 Å². The minimum Gasteiger partial charge on any atom is -0.272 e. The normalized spacial score (nSPS) is 16.8. The van der Waals surface area contributed by atoms with Crippen molar-refractivity contribution in [2.75, 3.05) is 0 Å². The van der Waals surface area contributed by atoms with E-state index in [0.717, 1.165) is 0 Å². The minimum absolute atomic E-state index is 0.309. The second-order valence-electron chi connectivity index (χ2n) is 2.97. The average Bonchev–Trinajstić information content (AvgIpc) is 1.95. The summed E-state index contributed by atoms with van der Waals surface area (Å²) in [7, 11) is 0. The smallest absolute Gasteiger partial charge is 0.272 e. The number of rotatable bonds is 5. The van der Waals surface area contributed by atoms with Crippen molar-refractivity contribution in [2.45, 2.75) is 37.8 Å². The van der Waals surface area contributed by atoms with Gasteiger partial charge in [0.15, 0.2) is 0 Å². The highest BCUT2D eigenvalue weighted by molar-refractivity contribution is 4.72. The topological polar surface area (TPSA) is 18.5 Å². The van der Waals surface area contributed by atoms with Crippen LogP contribution in [-0.2, 0) is 9.47 Å². The first kappa shape index (κ1) is 17.2. The van der Waals surface area contributed by atoms with Crippen LogP contribution in [0, 0.1) is 0 Å². The molecule has 0 radical (unpaired) electrons. The van der Waals surface area contributed by atoms with E-state index in [1.165, 1.54) is 0 Å². The van der Waals surface area contributed by atoms with Crippen LogP contribution < -0.4 is 0 Å². The maximum atomic E-state index is 12.3. The number of alkyl halides is 10. The molecule has 0 aliphatic rings. The van der Waals surface area contributed by atoms with E-state index >= 15 is 0 Å². The standard InChI is InChI=1S/C6H4F10O2/c1-3(8,9)2(7)17-4(10,11)5(12,13)18-6(14,15)16/h2H,1H3. The molecule has 0 bridgehead atoms. The fourth-order valence-corrected chi connectivity index (χ4v) is 0.507. The summed E-state index contributed by atoms with van der Waals surface area (Å²) in [5, 5.41) is 0. The van der Waals surface area contributed by atoms with Gasteiger partial charge in [-0.1, -0.05) is 0 Å². The molecule has 0 N–H and O–H groups in total. The maximum Gasteiger partial charge on any atom is 0.527 e. The van der Waals surface area contributed by atoms with Crippen molar-refractivity contribution in [3.63, 3.8) is 0 Å². The molecular weight excluding hydrogens is 294 g/mol. The Morgan fingerprint density at radius 1 is 0.778 bits per heavy atom. The Bertz CT molecular complexity index is 279. The molecule has 0 aliphatic carbocycles. The van der Waals surface area contributed by atoms with E-state index in [-0.39, 0.29) is 6.92 Å². The van der Waals surface area contributed by atoms with E-state index in [1.54, 1.807) is 4.74 Å². The van der Waals surface area contributed by atoms with E-state index in [0.29, 0.717) is 0 Å². The Morgan fingerprint density at radius 3 is 1.44 bits per heavy atom. The first-order chi connectivity index (χ1) is 7.58. The zero-order valence-electron chi connectivity index (χ0n) is 8.17. The van der Waals surface area contributed by atoms with Gasteiger partial charge in [0.2, 0.25) is 0 Å². The molecule has 0 saturated carbocycles. The van der Waals surface area contributed by atoms with Crippen molar-refractivity contribution in [1.29, 1.82) is 0 Å². The molecule has 0 amide bonds. The predicted molar refractivity (Wildman–Crippen MR) is 33.6 cm³/mol. The summed E-state index contributed by atoms with van der Waals surface area (Å²) < 4.78 is 123. The molecule has 1 unspecified atom stereocenters. The van der Waals surface area contributed by atoms with Gasteiger partial charge in [-0.2, -0.15) is 17.6 Å². The fourth-order valence-electron chi connectivity index (χ4n) is 0.507. The molecule has 12 heteroatoms. The molecule has 110 valence electrons. The SMILES string of the molecule is CC(F)(F)C(F)OC(F)(F)C(F)(F)OC(F)(F)F. The second kappa shape index (κ2) is 4.72. The number of hydrogen-bond donors (Lipinski definition) is 0. The fraction of sp³-hybridized carbons (Fsp3) is 1.00. The van der Waals surface area contributed by atoms with Crippen LogP contribution in [0.4, 0.5) is 43.9 Å². The summed E-state index contributed by atoms with van der Waals surface area (Å²) in [4.78, 5) is 0. The molecule has 0 rings (SSSR count). The lowest BCUT2D eigenvalue weighted by Gasteiger charge is -2.28. The summed E-state index contributed by atoms with van der Waals surface area (Å²) in [5.74, 6) is -4.63. The summed E-state index contributed by atoms with van der Waals surface area (Å²) >= 11 is 0. The monoisotopic (exact) mass is 298 g/mol. The molecule has 0 aromatic carbocycles. The van der Waals surface area contributed by atoms with Crippen LogP contribution >= 0.6 is 0 Å². The van der Waals surface area contributed by atoms with Gasteiger partial charge in [-0.15, -0.1) is 13.2 Å². The number of halogens is 10. The Morgan fingerprint density at radius 2 is 1.17 bits per heavy atom. The van der Waals surface area contributed by atoms with Crippen LogP contribution in [0.3, 0.4) is 0 Å². The molecule has 0 aliphatic heterocycles. The molecule has 18 heavy (non-hydrogen) atoms. The minimum atomic E-state index is -6.37. The first-order valence-electron chi connectivity index (χ1n) is 3.81. The van der Waals surface area contributed by atoms with Crippen molar-refractivity contribution >= 4 is 0 Å². The van der Waals surface area contributed by atoms with Gasteiger partial charge in [0.05, 0.1) is 0 Å². The van der Waals surface area contributed by atoms with Gasteiger partial charge in [0.25, 0.3) is 12.3 Å². The Balaban J connectivity index is 4.91. The van der Waals surface area contributed by atoms with Crippen molar-refractivity contribution in [3.8, 4) is 0 Å².